The molecule has 0 bridgehead atoms. The zero-order valence-electron chi connectivity index (χ0n) is 16.3. The number of aliphatic imine (C=N–C) groups is 2. The van der Waals surface area contributed by atoms with E-state index in [1.165, 1.54) is 23.5 Å². The Kier molecular flexibility index (Phi) is 5.14. The number of anilines is 1. The predicted octanol–water partition coefficient (Wildman–Crippen LogP) is 3.14. The molecular weight excluding hydrogens is 412 g/mol. The SMILES string of the molecule is CCOC(=O)Nc1c[nH]c2ccc(C3=NC(C)(O)CS3)c(C3=NC(C)(O)CS3)c12. The quantitative estimate of drug-likeness (QED) is 0.587. The first kappa shape index (κ1) is 20.3. The van der Waals surface area contributed by atoms with Crippen LogP contribution in [0, 0.1) is 0 Å². The molecule has 154 valence electrons. The number of carbonyl (C=O) groups excluding carboxylic acids is 1. The summed E-state index contributed by atoms with van der Waals surface area (Å²) in [4.78, 5) is 24.1. The summed E-state index contributed by atoms with van der Waals surface area (Å²) in [5, 5.41) is 25.6. The third-order valence-electron chi connectivity index (χ3n) is 4.45. The molecule has 8 nitrogen and oxygen atoms in total. The van der Waals surface area contributed by atoms with Crippen LogP contribution in [0.1, 0.15) is 31.9 Å². The normalized spacial score (nSPS) is 26.5. The van der Waals surface area contributed by atoms with Crippen molar-refractivity contribution in [1.82, 2.24) is 4.98 Å². The lowest BCUT2D eigenvalue weighted by Gasteiger charge is -2.13. The summed E-state index contributed by atoms with van der Waals surface area (Å²) in [5.41, 5.74) is 0.631. The molecule has 10 heteroatoms. The predicted molar refractivity (Wildman–Crippen MR) is 118 cm³/mol. The average Bonchev–Trinajstić information content (AvgIpc) is 3.31. The zero-order chi connectivity index (χ0) is 20.8. The van der Waals surface area contributed by atoms with Crippen LogP contribution in [-0.4, -0.2) is 60.9 Å². The molecule has 2 aliphatic rings. The number of ether oxygens (including phenoxy) is 1. The van der Waals surface area contributed by atoms with Gasteiger partial charge in [0.25, 0.3) is 0 Å². The molecule has 0 saturated heterocycles. The number of fused-ring (bicyclic) bond motifs is 1. The van der Waals surface area contributed by atoms with Crippen LogP contribution in [0.5, 0.6) is 0 Å². The summed E-state index contributed by atoms with van der Waals surface area (Å²) in [6.45, 7) is 5.34. The summed E-state index contributed by atoms with van der Waals surface area (Å²) < 4.78 is 5.02. The van der Waals surface area contributed by atoms with Crippen molar-refractivity contribution in [2.75, 3.05) is 23.4 Å². The molecular formula is C19H22N4O4S2. The van der Waals surface area contributed by atoms with E-state index in [0.29, 0.717) is 27.3 Å². The van der Waals surface area contributed by atoms with Crippen LogP contribution in [0.4, 0.5) is 10.5 Å². The highest BCUT2D eigenvalue weighted by atomic mass is 32.2. The molecule has 3 heterocycles. The molecule has 2 aromatic rings. The lowest BCUT2D eigenvalue weighted by atomic mass is 10.0. The lowest BCUT2D eigenvalue weighted by Crippen LogP contribution is -2.20. The van der Waals surface area contributed by atoms with E-state index in [9.17, 15) is 15.0 Å². The Morgan fingerprint density at radius 2 is 1.86 bits per heavy atom. The Morgan fingerprint density at radius 3 is 2.45 bits per heavy atom. The highest BCUT2D eigenvalue weighted by Crippen LogP contribution is 2.40. The summed E-state index contributed by atoms with van der Waals surface area (Å²) >= 11 is 2.91. The maximum atomic E-state index is 12.0. The number of nitrogens with one attached hydrogen (secondary N) is 2. The van der Waals surface area contributed by atoms with Crippen molar-refractivity contribution in [2.45, 2.75) is 32.2 Å². The van der Waals surface area contributed by atoms with Crippen LogP contribution >= 0.6 is 23.5 Å². The molecule has 2 atom stereocenters. The van der Waals surface area contributed by atoms with Crippen molar-refractivity contribution >= 4 is 56.3 Å². The van der Waals surface area contributed by atoms with Gasteiger partial charge in [0, 0.05) is 39.7 Å². The number of aromatic nitrogens is 1. The van der Waals surface area contributed by atoms with E-state index in [1.807, 2.05) is 12.1 Å². The number of benzene rings is 1. The van der Waals surface area contributed by atoms with E-state index >= 15 is 0 Å². The largest absolute Gasteiger partial charge is 0.450 e. The molecule has 1 amide bonds. The number of amides is 1. The number of carbonyl (C=O) groups is 1. The molecule has 0 fully saturated rings. The molecule has 4 rings (SSSR count). The molecule has 4 N–H and O–H groups in total. The van der Waals surface area contributed by atoms with Gasteiger partial charge in [-0.3, -0.25) is 5.32 Å². The van der Waals surface area contributed by atoms with E-state index in [2.05, 4.69) is 20.3 Å². The first-order valence-electron chi connectivity index (χ1n) is 9.18. The van der Waals surface area contributed by atoms with E-state index in [-0.39, 0.29) is 6.61 Å². The Labute approximate surface area is 176 Å². The minimum atomic E-state index is -1.17. The topological polar surface area (TPSA) is 119 Å². The van der Waals surface area contributed by atoms with E-state index in [4.69, 9.17) is 4.74 Å². The smallest absolute Gasteiger partial charge is 0.411 e. The maximum absolute atomic E-state index is 12.0. The number of hydrogen-bond acceptors (Lipinski definition) is 8. The maximum Gasteiger partial charge on any atom is 0.411 e. The highest BCUT2D eigenvalue weighted by Gasteiger charge is 2.34. The van der Waals surface area contributed by atoms with Gasteiger partial charge >= 0.3 is 6.09 Å². The van der Waals surface area contributed by atoms with Crippen molar-refractivity contribution in [3.8, 4) is 0 Å². The highest BCUT2D eigenvalue weighted by molar-refractivity contribution is 8.15. The van der Waals surface area contributed by atoms with Crippen LogP contribution < -0.4 is 5.32 Å². The fourth-order valence-electron chi connectivity index (χ4n) is 3.24. The van der Waals surface area contributed by atoms with Crippen molar-refractivity contribution < 1.29 is 19.7 Å². The monoisotopic (exact) mass is 434 g/mol. The molecule has 29 heavy (non-hydrogen) atoms. The summed E-state index contributed by atoms with van der Waals surface area (Å²) in [5.74, 6) is 0.888. The van der Waals surface area contributed by atoms with Crippen LogP contribution in [0.3, 0.4) is 0 Å². The zero-order valence-corrected chi connectivity index (χ0v) is 17.9. The molecule has 0 aliphatic carbocycles. The Bertz CT molecular complexity index is 1040. The van der Waals surface area contributed by atoms with Gasteiger partial charge in [0.1, 0.15) is 10.1 Å². The van der Waals surface area contributed by atoms with Crippen molar-refractivity contribution in [3.05, 3.63) is 29.5 Å². The van der Waals surface area contributed by atoms with Crippen molar-refractivity contribution in [1.29, 1.82) is 0 Å². The summed E-state index contributed by atoms with van der Waals surface area (Å²) in [7, 11) is 0. The molecule has 2 unspecified atom stereocenters. The molecule has 0 radical (unpaired) electrons. The van der Waals surface area contributed by atoms with Gasteiger partial charge in [0.2, 0.25) is 0 Å². The first-order valence-corrected chi connectivity index (χ1v) is 11.1. The van der Waals surface area contributed by atoms with Crippen LogP contribution in [0.15, 0.2) is 28.3 Å². The van der Waals surface area contributed by atoms with Gasteiger partial charge in [0.15, 0.2) is 11.4 Å². The fraction of sp³-hybridized carbons (Fsp3) is 0.421. The van der Waals surface area contributed by atoms with E-state index in [0.717, 1.165) is 22.0 Å². The van der Waals surface area contributed by atoms with E-state index < -0.39 is 17.5 Å². The van der Waals surface area contributed by atoms with E-state index in [1.54, 1.807) is 27.0 Å². The molecule has 0 spiro atoms. The van der Waals surface area contributed by atoms with Crippen molar-refractivity contribution in [3.63, 3.8) is 0 Å². The van der Waals surface area contributed by atoms with Gasteiger partial charge < -0.3 is 19.9 Å². The third-order valence-corrected chi connectivity index (χ3v) is 6.99. The number of hydrogen-bond donors (Lipinski definition) is 4. The minimum absolute atomic E-state index is 0.264. The number of aromatic amines is 1. The second kappa shape index (κ2) is 7.35. The number of nitrogens with zero attached hydrogens (tertiary/aromatic N) is 2. The standard InChI is InChI=1S/C19H22N4O4S2/c1-4-27-17(24)21-12-7-20-11-6-5-10(15-22-18(2,25)8-28-15)13(14(11)12)16-23-19(3,26)9-29-16/h5-7,20,25-26H,4,8-9H2,1-3H3,(H,21,24). The van der Waals surface area contributed by atoms with Gasteiger partial charge in [-0.05, 0) is 32.9 Å². The van der Waals surface area contributed by atoms with Gasteiger partial charge in [-0.2, -0.15) is 0 Å². The number of rotatable bonds is 4. The average molecular weight is 435 g/mol. The van der Waals surface area contributed by atoms with Gasteiger partial charge in [-0.25, -0.2) is 14.8 Å². The van der Waals surface area contributed by atoms with Gasteiger partial charge in [-0.1, -0.05) is 0 Å². The van der Waals surface area contributed by atoms with Crippen LogP contribution in [-0.2, 0) is 4.74 Å². The Hall–Kier alpha value is -2.01. The third kappa shape index (κ3) is 4.02. The molecule has 1 aromatic carbocycles. The number of aliphatic hydroxyl groups is 2. The fourth-order valence-corrected chi connectivity index (χ4v) is 5.40. The first-order chi connectivity index (χ1) is 13.7. The van der Waals surface area contributed by atoms with Crippen LogP contribution in [0.2, 0.25) is 0 Å². The second-order valence-electron chi connectivity index (χ2n) is 7.30. The van der Waals surface area contributed by atoms with Gasteiger partial charge in [-0.15, -0.1) is 23.5 Å². The Balaban J connectivity index is 1.92. The molecule has 2 aliphatic heterocycles. The Morgan fingerprint density at radius 1 is 1.21 bits per heavy atom. The number of thioether (sulfide) groups is 2. The molecule has 1 aromatic heterocycles. The van der Waals surface area contributed by atoms with Crippen molar-refractivity contribution in [2.24, 2.45) is 9.98 Å². The van der Waals surface area contributed by atoms with Crippen LogP contribution in [0.25, 0.3) is 10.9 Å². The molecule has 0 saturated carbocycles. The minimum Gasteiger partial charge on any atom is -0.450 e. The summed E-state index contributed by atoms with van der Waals surface area (Å²) in [6, 6.07) is 3.82. The summed E-state index contributed by atoms with van der Waals surface area (Å²) in [6.07, 6.45) is 1.15. The number of H-pyrrole nitrogens is 1. The second-order valence-corrected chi connectivity index (χ2v) is 9.23. The van der Waals surface area contributed by atoms with Gasteiger partial charge in [0.05, 0.1) is 12.3 Å². The lowest BCUT2D eigenvalue weighted by molar-refractivity contribution is 0.0981.